The second-order valence-electron chi connectivity index (χ2n) is 8.71. The van der Waals surface area contributed by atoms with Crippen LogP contribution in [-0.2, 0) is 4.79 Å². The lowest BCUT2D eigenvalue weighted by molar-refractivity contribution is -0.125. The third-order valence-corrected chi connectivity index (χ3v) is 7.88. The van der Waals surface area contributed by atoms with Crippen molar-refractivity contribution in [3.63, 3.8) is 0 Å². The normalized spacial score (nSPS) is 25.0. The van der Waals surface area contributed by atoms with Gasteiger partial charge in [0.15, 0.2) is 0 Å². The van der Waals surface area contributed by atoms with E-state index < -0.39 is 0 Å². The number of hydrogen-bond acceptors (Lipinski definition) is 4. The van der Waals surface area contributed by atoms with Gasteiger partial charge in [-0.05, 0) is 50.9 Å². The highest BCUT2D eigenvalue weighted by molar-refractivity contribution is 7.99. The fourth-order valence-electron chi connectivity index (χ4n) is 5.16. The molecule has 1 aliphatic carbocycles. The van der Waals surface area contributed by atoms with Crippen LogP contribution in [0.4, 0.5) is 0 Å². The lowest BCUT2D eigenvalue weighted by atomic mass is 9.79. The van der Waals surface area contributed by atoms with E-state index in [1.807, 2.05) is 30.3 Å². The Morgan fingerprint density at radius 1 is 1.00 bits per heavy atom. The molecular weight excluding hydrogens is 382 g/mol. The Hall–Kier alpha value is -1.53. The minimum absolute atomic E-state index is 0.0150. The first-order valence-electron chi connectivity index (χ1n) is 11.2. The summed E-state index contributed by atoms with van der Waals surface area (Å²) in [6.45, 7) is 3.04. The number of carbonyl (C=O) groups is 2. The molecule has 0 spiro atoms. The Labute approximate surface area is 178 Å². The fourth-order valence-corrected chi connectivity index (χ4v) is 6.31. The van der Waals surface area contributed by atoms with E-state index in [0.29, 0.717) is 17.2 Å². The minimum Gasteiger partial charge on any atom is -0.352 e. The van der Waals surface area contributed by atoms with Gasteiger partial charge in [-0.3, -0.25) is 14.5 Å². The van der Waals surface area contributed by atoms with E-state index in [4.69, 9.17) is 0 Å². The molecule has 1 aromatic carbocycles. The number of benzene rings is 1. The average molecular weight is 416 g/mol. The molecule has 1 saturated carbocycles. The number of thioether (sulfide) groups is 1. The summed E-state index contributed by atoms with van der Waals surface area (Å²) in [6, 6.07) is 8.94. The molecule has 6 heteroatoms. The van der Waals surface area contributed by atoms with Gasteiger partial charge in [0.1, 0.15) is 6.04 Å². The van der Waals surface area contributed by atoms with Gasteiger partial charge in [-0.2, -0.15) is 0 Å². The van der Waals surface area contributed by atoms with E-state index in [0.717, 1.165) is 19.6 Å². The zero-order valence-electron chi connectivity index (χ0n) is 17.3. The van der Waals surface area contributed by atoms with Crippen molar-refractivity contribution in [3.8, 4) is 0 Å². The third-order valence-electron chi connectivity index (χ3n) is 6.87. The lowest BCUT2D eigenvalue weighted by Gasteiger charge is -2.48. The minimum atomic E-state index is -0.366. The Morgan fingerprint density at radius 2 is 1.69 bits per heavy atom. The smallest absolute Gasteiger partial charge is 0.255 e. The summed E-state index contributed by atoms with van der Waals surface area (Å²) in [7, 11) is 0. The maximum absolute atomic E-state index is 13.1. The number of likely N-dealkylation sites (tertiary alicyclic amines) is 1. The Kier molecular flexibility index (Phi) is 6.81. The number of amides is 2. The highest BCUT2D eigenvalue weighted by atomic mass is 32.2. The second-order valence-corrected chi connectivity index (χ2v) is 9.71. The van der Waals surface area contributed by atoms with Gasteiger partial charge >= 0.3 is 0 Å². The molecule has 1 unspecified atom stereocenters. The molecule has 5 nitrogen and oxygen atoms in total. The van der Waals surface area contributed by atoms with E-state index in [1.54, 1.807) is 16.7 Å². The molecule has 3 aliphatic rings. The summed E-state index contributed by atoms with van der Waals surface area (Å²) in [4.78, 5) is 30.4. The summed E-state index contributed by atoms with van der Waals surface area (Å²) >= 11 is 1.66. The zero-order chi connectivity index (χ0) is 20.1. The van der Waals surface area contributed by atoms with Crippen LogP contribution in [0.25, 0.3) is 0 Å². The number of carbonyl (C=O) groups excluding carboxylic acids is 2. The molecule has 158 valence electrons. The molecule has 4 rings (SSSR count). The number of rotatable bonds is 5. The second kappa shape index (κ2) is 9.52. The Morgan fingerprint density at radius 3 is 2.41 bits per heavy atom. The van der Waals surface area contributed by atoms with E-state index in [2.05, 4.69) is 10.2 Å². The first-order chi connectivity index (χ1) is 14.2. The van der Waals surface area contributed by atoms with E-state index in [-0.39, 0.29) is 23.4 Å². The number of hydrogen-bond donors (Lipinski definition) is 1. The van der Waals surface area contributed by atoms with Crippen LogP contribution in [0.15, 0.2) is 30.3 Å². The lowest BCUT2D eigenvalue weighted by Crippen LogP contribution is -2.59. The summed E-state index contributed by atoms with van der Waals surface area (Å²) in [5.41, 5.74) is 0.777. The summed E-state index contributed by atoms with van der Waals surface area (Å²) in [5.74, 6) is 1.24. The van der Waals surface area contributed by atoms with Crippen LogP contribution >= 0.6 is 11.8 Å². The first-order valence-corrected chi connectivity index (χ1v) is 12.3. The van der Waals surface area contributed by atoms with Gasteiger partial charge < -0.3 is 10.2 Å². The van der Waals surface area contributed by atoms with Crippen LogP contribution < -0.4 is 5.32 Å². The molecule has 29 heavy (non-hydrogen) atoms. The van der Waals surface area contributed by atoms with Crippen LogP contribution in [0.3, 0.4) is 0 Å². The molecule has 1 N–H and O–H groups in total. The van der Waals surface area contributed by atoms with Gasteiger partial charge in [0.25, 0.3) is 5.91 Å². The van der Waals surface area contributed by atoms with Crippen molar-refractivity contribution < 1.29 is 9.59 Å². The molecule has 0 bridgehead atoms. The van der Waals surface area contributed by atoms with Gasteiger partial charge in [-0.1, -0.05) is 43.9 Å². The maximum atomic E-state index is 13.1. The highest BCUT2D eigenvalue weighted by Crippen LogP contribution is 2.35. The quantitative estimate of drug-likeness (QED) is 0.800. The molecule has 0 radical (unpaired) electrons. The SMILES string of the molecule is O=C(NCC1(N2CCCCC2)CCCCC1)C1CSCN1C(=O)c1ccccc1. The van der Waals surface area contributed by atoms with Crippen molar-refractivity contribution in [1.29, 1.82) is 0 Å². The van der Waals surface area contributed by atoms with Crippen molar-refractivity contribution in [3.05, 3.63) is 35.9 Å². The van der Waals surface area contributed by atoms with Crippen molar-refractivity contribution >= 4 is 23.6 Å². The fraction of sp³-hybridized carbons (Fsp3) is 0.652. The third kappa shape index (κ3) is 4.64. The van der Waals surface area contributed by atoms with Gasteiger partial charge in [-0.15, -0.1) is 11.8 Å². The van der Waals surface area contributed by atoms with E-state index in [1.165, 1.54) is 51.4 Å². The van der Waals surface area contributed by atoms with Crippen molar-refractivity contribution in [2.75, 3.05) is 31.3 Å². The molecular formula is C23H33N3O2S. The van der Waals surface area contributed by atoms with Gasteiger partial charge in [0.2, 0.25) is 5.91 Å². The molecule has 1 aromatic rings. The monoisotopic (exact) mass is 415 g/mol. The molecule has 2 heterocycles. The van der Waals surface area contributed by atoms with Gasteiger partial charge in [-0.25, -0.2) is 0 Å². The zero-order valence-corrected chi connectivity index (χ0v) is 18.1. The molecule has 2 aliphatic heterocycles. The molecule has 3 fully saturated rings. The standard InChI is InChI=1S/C23H33N3O2S/c27-21(20-16-29-18-26(20)22(28)19-10-4-1-5-11-19)24-17-23(12-6-2-7-13-23)25-14-8-3-9-15-25/h1,4-5,10-11,20H,2-3,6-9,12-18H2,(H,24,27). The largest absolute Gasteiger partial charge is 0.352 e. The first kappa shape index (κ1) is 20.7. The van der Waals surface area contributed by atoms with Crippen molar-refractivity contribution in [1.82, 2.24) is 15.1 Å². The Bertz CT molecular complexity index is 699. The number of nitrogens with one attached hydrogen (secondary N) is 1. The average Bonchev–Trinajstić information content (AvgIpc) is 3.29. The molecule has 2 amide bonds. The summed E-state index contributed by atoms with van der Waals surface area (Å²) in [6.07, 6.45) is 10.0. The highest BCUT2D eigenvalue weighted by Gasteiger charge is 2.40. The van der Waals surface area contributed by atoms with E-state index >= 15 is 0 Å². The predicted octanol–water partition coefficient (Wildman–Crippen LogP) is 3.51. The van der Waals surface area contributed by atoms with Crippen LogP contribution in [0.5, 0.6) is 0 Å². The van der Waals surface area contributed by atoms with Crippen molar-refractivity contribution in [2.24, 2.45) is 0 Å². The maximum Gasteiger partial charge on any atom is 0.255 e. The van der Waals surface area contributed by atoms with E-state index in [9.17, 15) is 9.59 Å². The van der Waals surface area contributed by atoms with Crippen molar-refractivity contribution in [2.45, 2.75) is 62.9 Å². The molecule has 2 saturated heterocycles. The number of nitrogens with zero attached hydrogens (tertiary/aromatic N) is 2. The molecule has 1 atom stereocenters. The van der Waals surface area contributed by atoms with Gasteiger partial charge in [0, 0.05) is 23.4 Å². The predicted molar refractivity (Wildman–Crippen MR) is 118 cm³/mol. The van der Waals surface area contributed by atoms with Crippen LogP contribution in [0.2, 0.25) is 0 Å². The number of piperidine rings is 1. The topological polar surface area (TPSA) is 52.7 Å². The van der Waals surface area contributed by atoms with Crippen LogP contribution in [-0.4, -0.2) is 64.5 Å². The van der Waals surface area contributed by atoms with Gasteiger partial charge in [0.05, 0.1) is 5.88 Å². The van der Waals surface area contributed by atoms with Crippen LogP contribution in [0.1, 0.15) is 61.7 Å². The summed E-state index contributed by atoms with van der Waals surface area (Å²) < 4.78 is 0. The van der Waals surface area contributed by atoms with Crippen LogP contribution in [0, 0.1) is 0 Å². The Balaban J connectivity index is 1.41. The molecule has 0 aromatic heterocycles. The summed E-state index contributed by atoms with van der Waals surface area (Å²) in [5, 5.41) is 3.28.